The van der Waals surface area contributed by atoms with E-state index in [4.69, 9.17) is 4.42 Å². The standard InChI is InChI=1S/C11H6F3NO/c12-9-4-2-7(10(13)11(9)14)1-3-8-5-15-6-16-8/h1-6H. The Labute approximate surface area is 89.0 Å². The lowest BCUT2D eigenvalue weighted by molar-refractivity contribution is 0.446. The van der Waals surface area contributed by atoms with Crippen LogP contribution in [-0.4, -0.2) is 4.98 Å². The van der Waals surface area contributed by atoms with Crippen molar-refractivity contribution in [1.29, 1.82) is 0 Å². The normalized spacial score (nSPS) is 11.2. The zero-order valence-corrected chi connectivity index (χ0v) is 7.95. The molecule has 0 radical (unpaired) electrons. The van der Waals surface area contributed by atoms with Gasteiger partial charge in [0.1, 0.15) is 5.76 Å². The summed E-state index contributed by atoms with van der Waals surface area (Å²) in [4.78, 5) is 3.64. The number of oxazole rings is 1. The van der Waals surface area contributed by atoms with Crippen molar-refractivity contribution in [1.82, 2.24) is 4.98 Å². The predicted octanol–water partition coefficient (Wildman–Crippen LogP) is 3.26. The van der Waals surface area contributed by atoms with E-state index < -0.39 is 17.5 Å². The van der Waals surface area contributed by atoms with Crippen LogP contribution in [-0.2, 0) is 0 Å². The molecule has 0 fully saturated rings. The molecule has 5 heteroatoms. The Morgan fingerprint density at radius 1 is 1.06 bits per heavy atom. The minimum Gasteiger partial charge on any atom is -0.444 e. The van der Waals surface area contributed by atoms with Crippen LogP contribution in [0.3, 0.4) is 0 Å². The van der Waals surface area contributed by atoms with Crippen LogP contribution in [0, 0.1) is 17.5 Å². The highest BCUT2D eigenvalue weighted by Gasteiger charge is 2.11. The minimum absolute atomic E-state index is 0.0599. The molecule has 1 aromatic heterocycles. The third-order valence-corrected chi connectivity index (χ3v) is 1.94. The van der Waals surface area contributed by atoms with E-state index in [1.165, 1.54) is 24.7 Å². The fourth-order valence-corrected chi connectivity index (χ4v) is 1.15. The first-order chi connectivity index (χ1) is 7.68. The molecule has 2 rings (SSSR count). The van der Waals surface area contributed by atoms with Crippen molar-refractivity contribution in [3.63, 3.8) is 0 Å². The van der Waals surface area contributed by atoms with Gasteiger partial charge in [-0.15, -0.1) is 0 Å². The summed E-state index contributed by atoms with van der Waals surface area (Å²) < 4.78 is 43.5. The summed E-state index contributed by atoms with van der Waals surface area (Å²) >= 11 is 0. The average molecular weight is 225 g/mol. The monoisotopic (exact) mass is 225 g/mol. The van der Waals surface area contributed by atoms with E-state index in [2.05, 4.69) is 4.98 Å². The second-order valence-electron chi connectivity index (χ2n) is 3.00. The zero-order valence-electron chi connectivity index (χ0n) is 7.95. The number of hydrogen-bond acceptors (Lipinski definition) is 2. The predicted molar refractivity (Wildman–Crippen MR) is 51.7 cm³/mol. The molecule has 1 heterocycles. The van der Waals surface area contributed by atoms with E-state index in [-0.39, 0.29) is 5.56 Å². The van der Waals surface area contributed by atoms with E-state index in [1.54, 1.807) is 0 Å². The summed E-state index contributed by atoms with van der Waals surface area (Å²) in [6.07, 6.45) is 5.30. The van der Waals surface area contributed by atoms with Gasteiger partial charge in [-0.05, 0) is 24.3 Å². The molecule has 16 heavy (non-hydrogen) atoms. The largest absolute Gasteiger partial charge is 0.444 e. The lowest BCUT2D eigenvalue weighted by Crippen LogP contribution is -1.92. The number of halogens is 3. The molecule has 0 amide bonds. The Morgan fingerprint density at radius 2 is 1.88 bits per heavy atom. The molecular formula is C11H6F3NO. The second-order valence-corrected chi connectivity index (χ2v) is 3.00. The van der Waals surface area contributed by atoms with Crippen molar-refractivity contribution in [3.8, 4) is 0 Å². The van der Waals surface area contributed by atoms with Gasteiger partial charge in [0.05, 0.1) is 6.20 Å². The van der Waals surface area contributed by atoms with E-state index >= 15 is 0 Å². The fourth-order valence-electron chi connectivity index (χ4n) is 1.15. The van der Waals surface area contributed by atoms with Gasteiger partial charge in [0.15, 0.2) is 23.8 Å². The van der Waals surface area contributed by atoms with Crippen LogP contribution >= 0.6 is 0 Å². The molecule has 0 unspecified atom stereocenters. The maximum absolute atomic E-state index is 13.2. The van der Waals surface area contributed by atoms with Crippen molar-refractivity contribution >= 4 is 12.2 Å². The van der Waals surface area contributed by atoms with Gasteiger partial charge < -0.3 is 4.42 Å². The van der Waals surface area contributed by atoms with Crippen LogP contribution < -0.4 is 0 Å². The molecular weight excluding hydrogens is 219 g/mol. The maximum atomic E-state index is 13.2. The molecule has 0 saturated heterocycles. The SMILES string of the molecule is Fc1ccc(C=Cc2cnco2)c(F)c1F. The molecule has 0 spiro atoms. The molecule has 2 aromatic rings. The van der Waals surface area contributed by atoms with E-state index in [9.17, 15) is 13.2 Å². The number of benzene rings is 1. The van der Waals surface area contributed by atoms with Crippen LogP contribution in [0.25, 0.3) is 12.2 Å². The smallest absolute Gasteiger partial charge is 0.195 e. The molecule has 0 aliphatic rings. The van der Waals surface area contributed by atoms with Crippen LogP contribution in [0.2, 0.25) is 0 Å². The van der Waals surface area contributed by atoms with Crippen molar-refractivity contribution < 1.29 is 17.6 Å². The van der Waals surface area contributed by atoms with Gasteiger partial charge in [0, 0.05) is 5.56 Å². The van der Waals surface area contributed by atoms with Crippen molar-refractivity contribution in [2.45, 2.75) is 0 Å². The summed E-state index contributed by atoms with van der Waals surface area (Å²) in [5.41, 5.74) is -0.0599. The first-order valence-corrected chi connectivity index (χ1v) is 4.38. The highest BCUT2D eigenvalue weighted by Crippen LogP contribution is 2.17. The Hall–Kier alpha value is -2.04. The molecule has 0 saturated carbocycles. The molecule has 0 atom stereocenters. The van der Waals surface area contributed by atoms with Crippen molar-refractivity contribution in [3.05, 3.63) is 53.5 Å². The van der Waals surface area contributed by atoms with Crippen LogP contribution in [0.4, 0.5) is 13.2 Å². The molecule has 2 nitrogen and oxygen atoms in total. The summed E-state index contributed by atoms with van der Waals surface area (Å²) in [7, 11) is 0. The Balaban J connectivity index is 2.32. The topological polar surface area (TPSA) is 26.0 Å². The second kappa shape index (κ2) is 4.22. The molecule has 0 aliphatic carbocycles. The summed E-state index contributed by atoms with van der Waals surface area (Å²) in [6.45, 7) is 0. The summed E-state index contributed by atoms with van der Waals surface area (Å²) in [5.74, 6) is -3.53. The Morgan fingerprint density at radius 3 is 2.56 bits per heavy atom. The van der Waals surface area contributed by atoms with E-state index in [1.807, 2.05) is 0 Å². The van der Waals surface area contributed by atoms with Gasteiger partial charge in [-0.1, -0.05) is 0 Å². The molecule has 0 bridgehead atoms. The van der Waals surface area contributed by atoms with Crippen LogP contribution in [0.15, 0.2) is 29.1 Å². The van der Waals surface area contributed by atoms with Gasteiger partial charge in [-0.25, -0.2) is 18.2 Å². The first-order valence-electron chi connectivity index (χ1n) is 4.38. The Kier molecular flexibility index (Phi) is 2.76. The zero-order chi connectivity index (χ0) is 11.5. The average Bonchev–Trinajstić information content (AvgIpc) is 2.78. The summed E-state index contributed by atoms with van der Waals surface area (Å²) in [6, 6.07) is 2.00. The molecule has 82 valence electrons. The first kappa shape index (κ1) is 10.5. The van der Waals surface area contributed by atoms with Gasteiger partial charge in [-0.2, -0.15) is 0 Å². The highest BCUT2D eigenvalue weighted by atomic mass is 19.2. The molecule has 0 N–H and O–H groups in total. The molecule has 1 aromatic carbocycles. The van der Waals surface area contributed by atoms with Gasteiger partial charge >= 0.3 is 0 Å². The number of aromatic nitrogens is 1. The number of rotatable bonds is 2. The van der Waals surface area contributed by atoms with Gasteiger partial charge in [0.2, 0.25) is 0 Å². The van der Waals surface area contributed by atoms with E-state index in [0.29, 0.717) is 5.76 Å². The quantitative estimate of drug-likeness (QED) is 0.733. The van der Waals surface area contributed by atoms with Gasteiger partial charge in [0.25, 0.3) is 0 Å². The maximum Gasteiger partial charge on any atom is 0.195 e. The lowest BCUT2D eigenvalue weighted by atomic mass is 10.2. The lowest BCUT2D eigenvalue weighted by Gasteiger charge is -1.98. The third-order valence-electron chi connectivity index (χ3n) is 1.94. The van der Waals surface area contributed by atoms with Gasteiger partial charge in [-0.3, -0.25) is 0 Å². The number of hydrogen-bond donors (Lipinski definition) is 0. The summed E-state index contributed by atoms with van der Waals surface area (Å²) in [5, 5.41) is 0. The highest BCUT2D eigenvalue weighted by molar-refractivity contribution is 5.67. The Bertz CT molecular complexity index is 520. The van der Waals surface area contributed by atoms with Crippen LogP contribution in [0.1, 0.15) is 11.3 Å². The third kappa shape index (κ3) is 1.98. The van der Waals surface area contributed by atoms with Crippen molar-refractivity contribution in [2.24, 2.45) is 0 Å². The minimum atomic E-state index is -1.49. The van der Waals surface area contributed by atoms with E-state index in [0.717, 1.165) is 12.1 Å². The number of nitrogens with zero attached hydrogens (tertiary/aromatic N) is 1. The van der Waals surface area contributed by atoms with Crippen LogP contribution in [0.5, 0.6) is 0 Å². The van der Waals surface area contributed by atoms with Crippen molar-refractivity contribution in [2.75, 3.05) is 0 Å². The fraction of sp³-hybridized carbons (Fsp3) is 0. The molecule has 0 aliphatic heterocycles.